The van der Waals surface area contributed by atoms with Crippen molar-refractivity contribution in [3.8, 4) is 6.07 Å². The van der Waals surface area contributed by atoms with Crippen molar-refractivity contribution >= 4 is 11.6 Å². The van der Waals surface area contributed by atoms with Gasteiger partial charge in [0.2, 0.25) is 5.91 Å². The lowest BCUT2D eigenvalue weighted by Gasteiger charge is -2.38. The number of piperazine rings is 1. The molecule has 1 heterocycles. The molecule has 1 saturated heterocycles. The molecule has 1 saturated carbocycles. The zero-order chi connectivity index (χ0) is 17.5. The SMILES string of the molecule is N#CCCN(C(=O)CN1CCN(C2CCCC2)CC1)c1ccccc1. The van der Waals surface area contributed by atoms with E-state index in [4.69, 9.17) is 5.26 Å². The third-order valence-corrected chi connectivity index (χ3v) is 5.42. The van der Waals surface area contributed by atoms with E-state index in [0.29, 0.717) is 19.5 Å². The molecule has 0 bridgehead atoms. The van der Waals surface area contributed by atoms with Crippen LogP contribution in [0, 0.1) is 11.3 Å². The molecule has 25 heavy (non-hydrogen) atoms. The molecule has 1 amide bonds. The average Bonchev–Trinajstić information content (AvgIpc) is 3.18. The molecule has 0 unspecified atom stereocenters. The summed E-state index contributed by atoms with van der Waals surface area (Å²) in [5.74, 6) is 0.0933. The monoisotopic (exact) mass is 340 g/mol. The fourth-order valence-electron chi connectivity index (χ4n) is 4.00. The number of rotatable bonds is 6. The van der Waals surface area contributed by atoms with Crippen molar-refractivity contribution in [2.45, 2.75) is 38.1 Å². The van der Waals surface area contributed by atoms with E-state index in [9.17, 15) is 4.79 Å². The number of carbonyl (C=O) groups is 1. The maximum atomic E-state index is 12.8. The smallest absolute Gasteiger partial charge is 0.241 e. The van der Waals surface area contributed by atoms with Crippen molar-refractivity contribution < 1.29 is 4.79 Å². The van der Waals surface area contributed by atoms with Crippen LogP contribution in [0.15, 0.2) is 30.3 Å². The predicted octanol–water partition coefficient (Wildman–Crippen LogP) is 2.49. The number of benzene rings is 1. The van der Waals surface area contributed by atoms with Crippen LogP contribution in [0.2, 0.25) is 0 Å². The van der Waals surface area contributed by atoms with Crippen LogP contribution in [-0.2, 0) is 4.79 Å². The van der Waals surface area contributed by atoms with Crippen molar-refractivity contribution in [1.29, 1.82) is 5.26 Å². The summed E-state index contributed by atoms with van der Waals surface area (Å²) < 4.78 is 0. The van der Waals surface area contributed by atoms with Crippen LogP contribution in [-0.4, -0.2) is 61.0 Å². The van der Waals surface area contributed by atoms with Gasteiger partial charge in [-0.05, 0) is 25.0 Å². The Morgan fingerprint density at radius 2 is 1.80 bits per heavy atom. The topological polar surface area (TPSA) is 50.6 Å². The summed E-state index contributed by atoms with van der Waals surface area (Å²) in [5, 5.41) is 8.89. The second-order valence-corrected chi connectivity index (χ2v) is 7.04. The van der Waals surface area contributed by atoms with Gasteiger partial charge in [-0.25, -0.2) is 0 Å². The molecule has 2 aliphatic rings. The average molecular weight is 340 g/mol. The van der Waals surface area contributed by atoms with E-state index in [2.05, 4.69) is 15.9 Å². The number of carbonyl (C=O) groups excluding carboxylic acids is 1. The fourth-order valence-corrected chi connectivity index (χ4v) is 4.00. The van der Waals surface area contributed by atoms with Gasteiger partial charge < -0.3 is 4.90 Å². The third kappa shape index (κ3) is 4.81. The zero-order valence-corrected chi connectivity index (χ0v) is 14.9. The number of amides is 1. The van der Waals surface area contributed by atoms with Gasteiger partial charge >= 0.3 is 0 Å². The molecule has 134 valence electrons. The van der Waals surface area contributed by atoms with Gasteiger partial charge in [-0.2, -0.15) is 5.26 Å². The van der Waals surface area contributed by atoms with Crippen molar-refractivity contribution in [3.63, 3.8) is 0 Å². The van der Waals surface area contributed by atoms with E-state index < -0.39 is 0 Å². The van der Waals surface area contributed by atoms with E-state index >= 15 is 0 Å². The molecule has 1 aliphatic heterocycles. The van der Waals surface area contributed by atoms with Gasteiger partial charge in [-0.3, -0.25) is 14.6 Å². The highest BCUT2D eigenvalue weighted by atomic mass is 16.2. The molecule has 2 fully saturated rings. The van der Waals surface area contributed by atoms with Crippen LogP contribution in [0.5, 0.6) is 0 Å². The highest BCUT2D eigenvalue weighted by Crippen LogP contribution is 2.24. The Bertz CT molecular complexity index is 583. The maximum absolute atomic E-state index is 12.8. The van der Waals surface area contributed by atoms with Gasteiger partial charge in [0.1, 0.15) is 0 Å². The minimum Gasteiger partial charge on any atom is -0.310 e. The standard InChI is InChI=1S/C20H28N4O/c21-11-6-12-24(19-9-2-1-3-10-19)20(25)17-22-13-15-23(16-14-22)18-7-4-5-8-18/h1-3,9-10,18H,4-8,12-17H2. The summed E-state index contributed by atoms with van der Waals surface area (Å²) in [6, 6.07) is 12.6. The van der Waals surface area contributed by atoms with Crippen molar-refractivity contribution in [2.75, 3.05) is 44.2 Å². The summed E-state index contributed by atoms with van der Waals surface area (Å²) in [5.41, 5.74) is 0.882. The van der Waals surface area contributed by atoms with Crippen molar-refractivity contribution in [3.05, 3.63) is 30.3 Å². The molecule has 0 atom stereocenters. The molecule has 1 aromatic rings. The Morgan fingerprint density at radius 1 is 1.12 bits per heavy atom. The molecular formula is C20H28N4O. The largest absolute Gasteiger partial charge is 0.310 e. The molecular weight excluding hydrogens is 312 g/mol. The molecule has 5 nitrogen and oxygen atoms in total. The number of nitrogens with zero attached hydrogens (tertiary/aromatic N) is 4. The minimum absolute atomic E-state index is 0.0933. The summed E-state index contributed by atoms with van der Waals surface area (Å²) in [7, 11) is 0. The van der Waals surface area contributed by atoms with Crippen molar-refractivity contribution in [2.24, 2.45) is 0 Å². The summed E-state index contributed by atoms with van der Waals surface area (Å²) in [4.78, 5) is 19.4. The summed E-state index contributed by atoms with van der Waals surface area (Å²) in [6.45, 7) is 4.97. The lowest BCUT2D eigenvalue weighted by atomic mass is 10.2. The van der Waals surface area contributed by atoms with Gasteiger partial charge in [-0.1, -0.05) is 31.0 Å². The zero-order valence-electron chi connectivity index (χ0n) is 14.9. The van der Waals surface area contributed by atoms with Crippen molar-refractivity contribution in [1.82, 2.24) is 9.80 Å². The van der Waals surface area contributed by atoms with E-state index in [1.165, 1.54) is 25.7 Å². The van der Waals surface area contributed by atoms with E-state index in [-0.39, 0.29) is 5.91 Å². The molecule has 0 spiro atoms. The highest BCUT2D eigenvalue weighted by Gasteiger charge is 2.27. The van der Waals surface area contributed by atoms with Crippen LogP contribution < -0.4 is 4.90 Å². The van der Waals surface area contributed by atoms with Crippen LogP contribution in [0.1, 0.15) is 32.1 Å². The quantitative estimate of drug-likeness (QED) is 0.798. The Balaban J connectivity index is 1.54. The fraction of sp³-hybridized carbons (Fsp3) is 0.600. The normalized spacial score (nSPS) is 19.6. The molecule has 0 radical (unpaired) electrons. The number of hydrogen-bond donors (Lipinski definition) is 0. The number of nitriles is 1. The van der Waals surface area contributed by atoms with Crippen LogP contribution in [0.3, 0.4) is 0 Å². The minimum atomic E-state index is 0.0933. The molecule has 0 aromatic heterocycles. The Kier molecular flexibility index (Phi) is 6.43. The summed E-state index contributed by atoms with van der Waals surface area (Å²) >= 11 is 0. The van der Waals surface area contributed by atoms with Crippen LogP contribution >= 0.6 is 0 Å². The van der Waals surface area contributed by atoms with E-state index in [1.54, 1.807) is 4.90 Å². The maximum Gasteiger partial charge on any atom is 0.241 e. The first-order valence-electron chi connectivity index (χ1n) is 9.46. The van der Waals surface area contributed by atoms with E-state index in [1.807, 2.05) is 30.3 Å². The first-order chi connectivity index (χ1) is 12.3. The summed E-state index contributed by atoms with van der Waals surface area (Å²) in [6.07, 6.45) is 5.78. The lowest BCUT2D eigenvalue weighted by Crippen LogP contribution is -2.52. The first kappa shape index (κ1) is 17.9. The van der Waals surface area contributed by atoms with Gasteiger partial charge in [0.25, 0.3) is 0 Å². The first-order valence-corrected chi connectivity index (χ1v) is 9.46. The number of anilines is 1. The number of hydrogen-bond acceptors (Lipinski definition) is 4. The second-order valence-electron chi connectivity index (χ2n) is 7.04. The lowest BCUT2D eigenvalue weighted by molar-refractivity contribution is -0.120. The third-order valence-electron chi connectivity index (χ3n) is 5.42. The molecule has 0 N–H and O–H groups in total. The van der Waals surface area contributed by atoms with Crippen LogP contribution in [0.4, 0.5) is 5.69 Å². The van der Waals surface area contributed by atoms with Crippen LogP contribution in [0.25, 0.3) is 0 Å². The second kappa shape index (κ2) is 8.98. The molecule has 1 aromatic carbocycles. The highest BCUT2D eigenvalue weighted by molar-refractivity contribution is 5.94. The molecule has 1 aliphatic carbocycles. The van der Waals surface area contributed by atoms with Gasteiger partial charge in [0.15, 0.2) is 0 Å². The number of para-hydroxylation sites is 1. The Labute approximate surface area is 150 Å². The van der Waals surface area contributed by atoms with Gasteiger partial charge in [0.05, 0.1) is 19.0 Å². The van der Waals surface area contributed by atoms with E-state index in [0.717, 1.165) is 37.9 Å². The molecule has 3 rings (SSSR count). The van der Waals surface area contributed by atoms with Gasteiger partial charge in [0, 0.05) is 44.5 Å². The van der Waals surface area contributed by atoms with Gasteiger partial charge in [-0.15, -0.1) is 0 Å². The Morgan fingerprint density at radius 3 is 2.44 bits per heavy atom. The molecule has 5 heteroatoms. The Hall–Kier alpha value is -1.90. The predicted molar refractivity (Wildman–Crippen MR) is 99.3 cm³/mol.